The first kappa shape index (κ1) is 19.6. The van der Waals surface area contributed by atoms with Crippen molar-refractivity contribution < 1.29 is 22.7 Å². The van der Waals surface area contributed by atoms with Crippen LogP contribution in [0.1, 0.15) is 23.7 Å². The molecule has 1 N–H and O–H groups in total. The summed E-state index contributed by atoms with van der Waals surface area (Å²) < 4.78 is 32.2. The van der Waals surface area contributed by atoms with Gasteiger partial charge in [0.05, 0.1) is 17.7 Å². The molecule has 0 unspecified atom stereocenters. The minimum atomic E-state index is -4.33. The van der Waals surface area contributed by atoms with E-state index < -0.39 is 27.5 Å². The van der Waals surface area contributed by atoms with Crippen molar-refractivity contribution in [2.45, 2.75) is 30.7 Å². The first-order chi connectivity index (χ1) is 14.7. The van der Waals surface area contributed by atoms with Crippen molar-refractivity contribution in [2.75, 3.05) is 13.7 Å². The molecule has 5 rings (SSSR count). The molecule has 9 heteroatoms. The van der Waals surface area contributed by atoms with E-state index in [0.29, 0.717) is 22.2 Å². The van der Waals surface area contributed by atoms with E-state index in [0.717, 1.165) is 22.0 Å². The molecule has 1 aromatic heterocycles. The molecule has 1 saturated heterocycles. The average Bonchev–Trinajstić information content (AvgIpc) is 3.21. The lowest BCUT2D eigenvalue weighted by molar-refractivity contribution is -0.130. The SMILES string of the molecule is COc1ccc2[nH]c3c(c2c1)CCN1C(=O)N(S(=O)(=O)c2ccc(C)cc2)C(=O)[C@]31C. The maximum absolute atomic E-state index is 13.6. The third kappa shape index (κ3) is 2.49. The number of sulfonamides is 1. The molecular weight excluding hydrogens is 418 g/mol. The van der Waals surface area contributed by atoms with E-state index in [9.17, 15) is 18.0 Å². The average molecular weight is 439 g/mol. The van der Waals surface area contributed by atoms with Crippen LogP contribution >= 0.6 is 0 Å². The molecule has 31 heavy (non-hydrogen) atoms. The van der Waals surface area contributed by atoms with Crippen LogP contribution in [0.5, 0.6) is 5.75 Å². The van der Waals surface area contributed by atoms with E-state index in [4.69, 9.17) is 4.74 Å². The van der Waals surface area contributed by atoms with Crippen LogP contribution in [0.25, 0.3) is 10.9 Å². The van der Waals surface area contributed by atoms with Gasteiger partial charge in [0.2, 0.25) is 0 Å². The summed E-state index contributed by atoms with van der Waals surface area (Å²) in [4.78, 5) is 31.3. The Morgan fingerprint density at radius 3 is 2.48 bits per heavy atom. The van der Waals surface area contributed by atoms with Crippen LogP contribution in [-0.4, -0.2) is 48.2 Å². The second-order valence-corrected chi connectivity index (χ2v) is 9.82. The Bertz CT molecular complexity index is 1360. The van der Waals surface area contributed by atoms with Crippen molar-refractivity contribution >= 4 is 32.9 Å². The van der Waals surface area contributed by atoms with Crippen LogP contribution in [0.4, 0.5) is 4.79 Å². The maximum atomic E-state index is 13.6. The Balaban J connectivity index is 1.66. The third-order valence-corrected chi connectivity index (χ3v) is 7.96. The highest BCUT2D eigenvalue weighted by Gasteiger charge is 2.62. The second kappa shape index (κ2) is 6.34. The maximum Gasteiger partial charge on any atom is 0.342 e. The molecule has 2 aromatic carbocycles. The Labute approximate surface area is 179 Å². The van der Waals surface area contributed by atoms with Crippen LogP contribution in [0.2, 0.25) is 0 Å². The minimum Gasteiger partial charge on any atom is -0.497 e. The molecular formula is C22H21N3O5S. The molecule has 2 aliphatic rings. The van der Waals surface area contributed by atoms with Gasteiger partial charge in [-0.15, -0.1) is 4.31 Å². The number of H-pyrrole nitrogens is 1. The number of aromatic nitrogens is 1. The van der Waals surface area contributed by atoms with Crippen LogP contribution in [0, 0.1) is 6.92 Å². The Hall–Kier alpha value is -3.33. The van der Waals surface area contributed by atoms with Gasteiger partial charge in [0.15, 0.2) is 5.54 Å². The summed E-state index contributed by atoms with van der Waals surface area (Å²) in [5, 5.41) is 0.898. The predicted octanol–water partition coefficient (Wildman–Crippen LogP) is 2.91. The van der Waals surface area contributed by atoms with Crippen molar-refractivity contribution in [3.8, 4) is 5.75 Å². The molecule has 8 nitrogen and oxygen atoms in total. The van der Waals surface area contributed by atoms with Crippen molar-refractivity contribution in [3.63, 3.8) is 0 Å². The highest BCUT2D eigenvalue weighted by Crippen LogP contribution is 2.45. The summed E-state index contributed by atoms with van der Waals surface area (Å²) >= 11 is 0. The number of carbonyl (C=O) groups excluding carboxylic acids is 2. The zero-order valence-electron chi connectivity index (χ0n) is 17.3. The summed E-state index contributed by atoms with van der Waals surface area (Å²) in [6.45, 7) is 3.66. The smallest absolute Gasteiger partial charge is 0.342 e. The fourth-order valence-corrected chi connectivity index (χ4v) is 5.93. The van der Waals surface area contributed by atoms with Gasteiger partial charge in [0.1, 0.15) is 5.75 Å². The molecule has 160 valence electrons. The molecule has 0 radical (unpaired) electrons. The number of benzene rings is 2. The predicted molar refractivity (Wildman–Crippen MR) is 113 cm³/mol. The summed E-state index contributed by atoms with van der Waals surface area (Å²) in [6, 6.07) is 10.8. The van der Waals surface area contributed by atoms with Crippen molar-refractivity contribution in [1.82, 2.24) is 14.2 Å². The number of nitrogens with zero attached hydrogens (tertiary/aromatic N) is 2. The largest absolute Gasteiger partial charge is 0.497 e. The van der Waals surface area contributed by atoms with Crippen LogP contribution < -0.4 is 4.74 Å². The van der Waals surface area contributed by atoms with E-state index in [1.165, 1.54) is 17.0 Å². The first-order valence-electron chi connectivity index (χ1n) is 9.86. The monoisotopic (exact) mass is 439 g/mol. The summed E-state index contributed by atoms with van der Waals surface area (Å²) in [5.41, 5.74) is 1.68. The minimum absolute atomic E-state index is 0.0927. The zero-order chi connectivity index (χ0) is 22.1. The number of carbonyl (C=O) groups is 2. The number of methoxy groups -OCH3 is 1. The van der Waals surface area contributed by atoms with Gasteiger partial charge in [-0.3, -0.25) is 4.79 Å². The van der Waals surface area contributed by atoms with Gasteiger partial charge in [-0.05, 0) is 56.2 Å². The van der Waals surface area contributed by atoms with Gasteiger partial charge in [-0.25, -0.2) is 13.2 Å². The molecule has 3 aromatic rings. The summed E-state index contributed by atoms with van der Waals surface area (Å²) in [6.07, 6.45) is 0.496. The molecule has 1 fully saturated rings. The number of nitrogens with one attached hydrogen (secondary N) is 1. The van der Waals surface area contributed by atoms with Crippen LogP contribution in [0.15, 0.2) is 47.4 Å². The number of ether oxygens (including phenoxy) is 1. The quantitative estimate of drug-likeness (QED) is 0.633. The standard InChI is InChI=1S/C22H21N3O5S/c1-13-4-7-15(8-5-13)31(28,29)25-20(26)22(2)19-16(10-11-24(22)21(25)27)17-12-14(30-3)6-9-18(17)23-19/h4-9,12,23H,10-11H2,1-3H3/t22-/m0/s1. The zero-order valence-corrected chi connectivity index (χ0v) is 18.1. The molecule has 3 heterocycles. The van der Waals surface area contributed by atoms with E-state index in [-0.39, 0.29) is 11.4 Å². The number of hydrogen-bond donors (Lipinski definition) is 1. The lowest BCUT2D eigenvalue weighted by Crippen LogP contribution is -2.49. The fraction of sp³-hybridized carbons (Fsp3) is 0.273. The fourth-order valence-electron chi connectivity index (χ4n) is 4.54. The van der Waals surface area contributed by atoms with Gasteiger partial charge in [0, 0.05) is 17.4 Å². The number of urea groups is 1. The number of rotatable bonds is 3. The molecule has 0 aliphatic carbocycles. The van der Waals surface area contributed by atoms with E-state index in [1.807, 2.05) is 19.1 Å². The van der Waals surface area contributed by atoms with Gasteiger partial charge in [0.25, 0.3) is 15.9 Å². The number of hydrogen-bond acceptors (Lipinski definition) is 5. The third-order valence-electron chi connectivity index (χ3n) is 6.29. The second-order valence-electron chi connectivity index (χ2n) is 8.03. The molecule has 2 aliphatic heterocycles. The topological polar surface area (TPSA) is 99.8 Å². The van der Waals surface area contributed by atoms with Gasteiger partial charge >= 0.3 is 6.03 Å². The first-order valence-corrected chi connectivity index (χ1v) is 11.3. The van der Waals surface area contributed by atoms with Gasteiger partial charge in [-0.1, -0.05) is 17.7 Å². The van der Waals surface area contributed by atoms with Gasteiger partial charge in [-0.2, -0.15) is 0 Å². The number of imide groups is 1. The molecule has 0 saturated carbocycles. The van der Waals surface area contributed by atoms with Gasteiger partial charge < -0.3 is 14.6 Å². The Morgan fingerprint density at radius 1 is 1.10 bits per heavy atom. The highest BCUT2D eigenvalue weighted by atomic mass is 32.2. The van der Waals surface area contributed by atoms with E-state index in [1.54, 1.807) is 32.2 Å². The molecule has 0 spiro atoms. The van der Waals surface area contributed by atoms with Crippen LogP contribution in [0.3, 0.4) is 0 Å². The number of amides is 3. The van der Waals surface area contributed by atoms with E-state index in [2.05, 4.69) is 4.98 Å². The highest BCUT2D eigenvalue weighted by molar-refractivity contribution is 7.90. The van der Waals surface area contributed by atoms with Crippen molar-refractivity contribution in [2.24, 2.45) is 0 Å². The number of aryl methyl sites for hydroxylation is 1. The lowest BCUT2D eigenvalue weighted by atomic mass is 9.87. The normalized spacial score (nSPS) is 20.9. The van der Waals surface area contributed by atoms with Crippen molar-refractivity contribution in [1.29, 1.82) is 0 Å². The summed E-state index contributed by atoms with van der Waals surface area (Å²) in [5.74, 6) is -0.100. The molecule has 3 amide bonds. The number of fused-ring (bicyclic) bond motifs is 5. The molecule has 1 atom stereocenters. The van der Waals surface area contributed by atoms with Crippen molar-refractivity contribution in [3.05, 3.63) is 59.3 Å². The Morgan fingerprint density at radius 2 is 1.81 bits per heavy atom. The Kier molecular flexibility index (Phi) is 4.01. The van der Waals surface area contributed by atoms with Crippen LogP contribution in [-0.2, 0) is 26.8 Å². The molecule has 0 bridgehead atoms. The number of aromatic amines is 1. The van der Waals surface area contributed by atoms with E-state index >= 15 is 0 Å². The lowest BCUT2D eigenvalue weighted by Gasteiger charge is -2.35. The summed E-state index contributed by atoms with van der Waals surface area (Å²) in [7, 11) is -2.76.